The molecule has 4 amide bonds. The van der Waals surface area contributed by atoms with Crippen LogP contribution in [0.1, 0.15) is 24.2 Å². The van der Waals surface area contributed by atoms with Gasteiger partial charge < -0.3 is 15.8 Å². The lowest BCUT2D eigenvalue weighted by Crippen LogP contribution is -2.45. The Balaban J connectivity index is 2.56. The number of nitrogens with two attached hydrogens (primary N) is 1. The van der Waals surface area contributed by atoms with Gasteiger partial charge in [0.25, 0.3) is 11.8 Å². The van der Waals surface area contributed by atoms with Crippen LogP contribution in [0.2, 0.25) is 5.02 Å². The highest BCUT2D eigenvalue weighted by Crippen LogP contribution is 2.09. The Kier molecular flexibility index (Phi) is 6.52. The van der Waals surface area contributed by atoms with Gasteiger partial charge in [-0.25, -0.2) is 9.59 Å². The summed E-state index contributed by atoms with van der Waals surface area (Å²) in [5.41, 5.74) is 5.10. The van der Waals surface area contributed by atoms with E-state index < -0.39 is 36.0 Å². The molecule has 0 aliphatic carbocycles. The normalized spacial score (nSPS) is 12.7. The van der Waals surface area contributed by atoms with Crippen LogP contribution in [0.15, 0.2) is 24.3 Å². The lowest BCUT2D eigenvalue weighted by Gasteiger charge is -2.17. The number of amides is 4. The molecular formula is C14H16ClN3O5. The molecule has 2 atom stereocenters. The van der Waals surface area contributed by atoms with E-state index in [-0.39, 0.29) is 0 Å². The molecule has 9 heteroatoms. The maximum absolute atomic E-state index is 11.9. The third-order valence-corrected chi connectivity index (χ3v) is 2.97. The van der Waals surface area contributed by atoms with Gasteiger partial charge in [0.05, 0.1) is 0 Å². The second-order valence-electron chi connectivity index (χ2n) is 4.63. The van der Waals surface area contributed by atoms with Gasteiger partial charge in [0.1, 0.15) is 6.04 Å². The van der Waals surface area contributed by atoms with Crippen LogP contribution in [0.4, 0.5) is 4.79 Å². The zero-order valence-corrected chi connectivity index (χ0v) is 13.2. The molecule has 0 bridgehead atoms. The lowest BCUT2D eigenvalue weighted by atomic mass is 10.2. The van der Waals surface area contributed by atoms with E-state index >= 15 is 0 Å². The average molecular weight is 342 g/mol. The number of benzene rings is 1. The van der Waals surface area contributed by atoms with Crippen LogP contribution >= 0.6 is 11.6 Å². The van der Waals surface area contributed by atoms with Crippen molar-refractivity contribution in [1.82, 2.24) is 10.6 Å². The van der Waals surface area contributed by atoms with E-state index in [4.69, 9.17) is 22.1 Å². The van der Waals surface area contributed by atoms with Crippen LogP contribution in [0.25, 0.3) is 0 Å². The SMILES string of the molecule is C[C@H](NC(=O)c1ccc(Cl)cc1)C(=O)O[C@@H](C)C(=O)NC(N)=O. The Morgan fingerprint density at radius 1 is 1.13 bits per heavy atom. The van der Waals surface area contributed by atoms with E-state index in [0.29, 0.717) is 10.6 Å². The topological polar surface area (TPSA) is 128 Å². The molecule has 4 N–H and O–H groups in total. The van der Waals surface area contributed by atoms with Gasteiger partial charge in [0.2, 0.25) is 0 Å². The number of rotatable bonds is 5. The maximum atomic E-state index is 11.9. The molecule has 1 aromatic carbocycles. The van der Waals surface area contributed by atoms with Crippen molar-refractivity contribution in [3.8, 4) is 0 Å². The molecule has 1 aromatic rings. The van der Waals surface area contributed by atoms with Crippen LogP contribution in [-0.4, -0.2) is 36.0 Å². The van der Waals surface area contributed by atoms with E-state index in [9.17, 15) is 19.2 Å². The Labute approximate surface area is 137 Å². The maximum Gasteiger partial charge on any atom is 0.329 e. The van der Waals surface area contributed by atoms with Crippen molar-refractivity contribution in [2.75, 3.05) is 0 Å². The number of ether oxygens (including phenoxy) is 1. The number of hydrogen-bond acceptors (Lipinski definition) is 5. The number of primary amides is 1. The number of imide groups is 1. The standard InChI is InChI=1S/C14H16ClN3O5/c1-7(13(21)23-8(2)11(19)18-14(16)22)17-12(20)9-3-5-10(15)6-4-9/h3-8H,1-2H3,(H,17,20)(H3,16,18,19,22)/t7-,8-/m0/s1. The summed E-state index contributed by atoms with van der Waals surface area (Å²) in [6.07, 6.45) is -1.23. The second kappa shape index (κ2) is 8.14. The number of carbonyl (C=O) groups excluding carboxylic acids is 4. The van der Waals surface area contributed by atoms with E-state index in [1.165, 1.54) is 38.1 Å². The smallest absolute Gasteiger partial charge is 0.329 e. The molecule has 124 valence electrons. The summed E-state index contributed by atoms with van der Waals surface area (Å²) in [4.78, 5) is 45.7. The van der Waals surface area contributed by atoms with E-state index in [2.05, 4.69) is 5.32 Å². The summed E-state index contributed by atoms with van der Waals surface area (Å²) in [6, 6.07) is 4.02. The predicted molar refractivity (Wildman–Crippen MR) is 81.7 cm³/mol. The first-order valence-electron chi connectivity index (χ1n) is 6.58. The number of urea groups is 1. The van der Waals surface area contributed by atoms with E-state index in [0.717, 1.165) is 0 Å². The van der Waals surface area contributed by atoms with E-state index in [1.54, 1.807) is 5.32 Å². The largest absolute Gasteiger partial charge is 0.451 e. The zero-order valence-electron chi connectivity index (χ0n) is 12.5. The molecule has 0 saturated heterocycles. The van der Waals surface area contributed by atoms with Gasteiger partial charge in [-0.2, -0.15) is 0 Å². The molecule has 0 saturated carbocycles. The minimum atomic E-state index is -1.23. The molecule has 0 aliphatic rings. The fraction of sp³-hybridized carbons (Fsp3) is 0.286. The Hall–Kier alpha value is -2.61. The Morgan fingerprint density at radius 2 is 1.70 bits per heavy atom. The molecule has 0 unspecified atom stereocenters. The number of nitrogens with one attached hydrogen (secondary N) is 2. The number of esters is 1. The molecule has 0 spiro atoms. The first-order chi connectivity index (χ1) is 10.7. The monoisotopic (exact) mass is 341 g/mol. The number of halogens is 1. The fourth-order valence-electron chi connectivity index (χ4n) is 1.49. The van der Waals surface area contributed by atoms with Gasteiger partial charge in [-0.05, 0) is 38.1 Å². The molecule has 0 aromatic heterocycles. The highest BCUT2D eigenvalue weighted by Gasteiger charge is 2.24. The minimum Gasteiger partial charge on any atom is -0.451 e. The van der Waals surface area contributed by atoms with Crippen molar-refractivity contribution in [2.45, 2.75) is 26.0 Å². The van der Waals surface area contributed by atoms with Crippen LogP contribution in [0.3, 0.4) is 0 Å². The minimum absolute atomic E-state index is 0.313. The highest BCUT2D eigenvalue weighted by atomic mass is 35.5. The fourth-order valence-corrected chi connectivity index (χ4v) is 1.62. The van der Waals surface area contributed by atoms with Crippen molar-refractivity contribution < 1.29 is 23.9 Å². The first kappa shape index (κ1) is 18.4. The van der Waals surface area contributed by atoms with E-state index in [1.807, 2.05) is 0 Å². The summed E-state index contributed by atoms with van der Waals surface area (Å²) in [5.74, 6) is -2.19. The second-order valence-corrected chi connectivity index (χ2v) is 5.07. The first-order valence-corrected chi connectivity index (χ1v) is 6.95. The molecular weight excluding hydrogens is 326 g/mol. The van der Waals surface area contributed by atoms with Crippen LogP contribution < -0.4 is 16.4 Å². The predicted octanol–water partition coefficient (Wildman–Crippen LogP) is 0.585. The lowest BCUT2D eigenvalue weighted by molar-refractivity contribution is -0.155. The van der Waals surface area contributed by atoms with Crippen molar-refractivity contribution in [3.63, 3.8) is 0 Å². The van der Waals surface area contributed by atoms with Crippen molar-refractivity contribution >= 4 is 35.4 Å². The summed E-state index contributed by atoms with van der Waals surface area (Å²) < 4.78 is 4.84. The van der Waals surface area contributed by atoms with Crippen LogP contribution in [0.5, 0.6) is 0 Å². The van der Waals surface area contributed by atoms with Crippen molar-refractivity contribution in [1.29, 1.82) is 0 Å². The van der Waals surface area contributed by atoms with Crippen molar-refractivity contribution in [2.24, 2.45) is 5.73 Å². The van der Waals surface area contributed by atoms with Crippen molar-refractivity contribution in [3.05, 3.63) is 34.9 Å². The third-order valence-electron chi connectivity index (χ3n) is 2.72. The van der Waals surface area contributed by atoms with Crippen LogP contribution in [0, 0.1) is 0 Å². The Morgan fingerprint density at radius 3 is 2.22 bits per heavy atom. The van der Waals surface area contributed by atoms with Gasteiger partial charge in [0, 0.05) is 10.6 Å². The molecule has 1 rings (SSSR count). The average Bonchev–Trinajstić information content (AvgIpc) is 2.46. The third kappa shape index (κ3) is 5.95. The molecule has 0 fully saturated rings. The molecule has 0 radical (unpaired) electrons. The van der Waals surface area contributed by atoms with Crippen LogP contribution in [-0.2, 0) is 14.3 Å². The molecule has 23 heavy (non-hydrogen) atoms. The van der Waals surface area contributed by atoms with Gasteiger partial charge in [-0.15, -0.1) is 0 Å². The van der Waals surface area contributed by atoms with Gasteiger partial charge in [-0.3, -0.25) is 14.9 Å². The summed E-state index contributed by atoms with van der Waals surface area (Å²) >= 11 is 5.72. The number of hydrogen-bond donors (Lipinski definition) is 3. The summed E-state index contributed by atoms with van der Waals surface area (Å²) in [5, 5.41) is 4.68. The molecule has 0 heterocycles. The summed E-state index contributed by atoms with van der Waals surface area (Å²) in [6.45, 7) is 2.67. The zero-order chi connectivity index (χ0) is 17.6. The Bertz CT molecular complexity index is 617. The van der Waals surface area contributed by atoms with Gasteiger partial charge >= 0.3 is 12.0 Å². The summed E-state index contributed by atoms with van der Waals surface area (Å²) in [7, 11) is 0. The molecule has 0 aliphatic heterocycles. The highest BCUT2D eigenvalue weighted by molar-refractivity contribution is 6.30. The van der Waals surface area contributed by atoms with Gasteiger partial charge in [0.15, 0.2) is 6.10 Å². The quantitative estimate of drug-likeness (QED) is 0.675. The number of carbonyl (C=O) groups is 4. The molecule has 8 nitrogen and oxygen atoms in total. The van der Waals surface area contributed by atoms with Gasteiger partial charge in [-0.1, -0.05) is 11.6 Å².